The van der Waals surface area contributed by atoms with Crippen molar-refractivity contribution in [1.29, 1.82) is 0 Å². The van der Waals surface area contributed by atoms with Gasteiger partial charge in [0.05, 0.1) is 23.7 Å². The number of aryl methyl sites for hydroxylation is 2. The molecule has 1 N–H and O–H groups in total. The van der Waals surface area contributed by atoms with Gasteiger partial charge in [0.1, 0.15) is 18.1 Å². The molecule has 0 bridgehead atoms. The summed E-state index contributed by atoms with van der Waals surface area (Å²) in [5.74, 6) is 1.54. The van der Waals surface area contributed by atoms with Crippen molar-refractivity contribution in [3.8, 4) is 5.75 Å². The molecule has 0 aliphatic carbocycles. The van der Waals surface area contributed by atoms with E-state index in [4.69, 9.17) is 9.26 Å². The van der Waals surface area contributed by atoms with Crippen molar-refractivity contribution >= 4 is 17.2 Å². The van der Waals surface area contributed by atoms with Crippen LogP contribution in [-0.2, 0) is 17.8 Å². The number of nitrogens with one attached hydrogen (secondary N) is 1. The van der Waals surface area contributed by atoms with E-state index >= 15 is 0 Å². The van der Waals surface area contributed by atoms with Gasteiger partial charge in [-0.25, -0.2) is 0 Å². The molecule has 154 valence electrons. The molecule has 0 spiro atoms. The molecule has 0 saturated carbocycles. The van der Waals surface area contributed by atoms with E-state index in [1.807, 2.05) is 49.6 Å². The Kier molecular flexibility index (Phi) is 6.42. The maximum Gasteiger partial charge on any atom is 0.224 e. The Morgan fingerprint density at radius 1 is 1.21 bits per heavy atom. The summed E-state index contributed by atoms with van der Waals surface area (Å²) in [5.41, 5.74) is 2.70. The Hall–Kier alpha value is -2.60. The minimum Gasteiger partial charge on any atom is -0.489 e. The minimum atomic E-state index is -0.0591. The number of amides is 1. The van der Waals surface area contributed by atoms with Gasteiger partial charge < -0.3 is 14.6 Å². The topological polar surface area (TPSA) is 64.4 Å². The van der Waals surface area contributed by atoms with Crippen molar-refractivity contribution in [2.75, 3.05) is 0 Å². The summed E-state index contributed by atoms with van der Waals surface area (Å²) in [5, 5.41) is 9.18. The van der Waals surface area contributed by atoms with Gasteiger partial charge in [-0.05, 0) is 48.4 Å². The van der Waals surface area contributed by atoms with Crippen LogP contribution in [0.5, 0.6) is 5.75 Å². The fraction of sp³-hybridized carbons (Fsp3) is 0.391. The summed E-state index contributed by atoms with van der Waals surface area (Å²) in [7, 11) is 0. The third-order valence-electron chi connectivity index (χ3n) is 4.85. The Balaban J connectivity index is 1.58. The standard InChI is InChI=1S/C23H28N2O3S/c1-15-19(16(2)28-25-15)14-27-18-10-8-17(9-11-18)13-21(26)24-22(23(3,4)5)20-7-6-12-29-20/h6-12,22H,13-14H2,1-5H3,(H,24,26). The maximum atomic E-state index is 12.7. The van der Waals surface area contributed by atoms with Crippen molar-refractivity contribution in [3.05, 3.63) is 69.2 Å². The number of aromatic nitrogens is 1. The van der Waals surface area contributed by atoms with Gasteiger partial charge in [0.15, 0.2) is 0 Å². The highest BCUT2D eigenvalue weighted by molar-refractivity contribution is 7.10. The molecular weight excluding hydrogens is 384 g/mol. The van der Waals surface area contributed by atoms with Crippen LogP contribution in [0.25, 0.3) is 0 Å². The zero-order valence-electron chi connectivity index (χ0n) is 17.6. The number of carbonyl (C=O) groups is 1. The molecule has 3 rings (SSSR count). The van der Waals surface area contributed by atoms with Gasteiger partial charge in [-0.1, -0.05) is 44.1 Å². The number of carbonyl (C=O) groups excluding carboxylic acids is 1. The maximum absolute atomic E-state index is 12.7. The van der Waals surface area contributed by atoms with Crippen molar-refractivity contribution < 1.29 is 14.1 Å². The normalized spacial score (nSPS) is 12.6. The first-order chi connectivity index (χ1) is 13.7. The monoisotopic (exact) mass is 412 g/mol. The number of ether oxygens (including phenoxy) is 1. The fourth-order valence-corrected chi connectivity index (χ4v) is 4.15. The highest BCUT2D eigenvalue weighted by Gasteiger charge is 2.28. The lowest BCUT2D eigenvalue weighted by molar-refractivity contribution is -0.121. The largest absolute Gasteiger partial charge is 0.489 e. The lowest BCUT2D eigenvalue weighted by Gasteiger charge is -2.30. The van der Waals surface area contributed by atoms with E-state index in [-0.39, 0.29) is 17.4 Å². The molecule has 1 unspecified atom stereocenters. The Bertz CT molecular complexity index is 918. The SMILES string of the molecule is Cc1noc(C)c1COc1ccc(CC(=O)NC(c2cccs2)C(C)(C)C)cc1. The smallest absolute Gasteiger partial charge is 0.224 e. The van der Waals surface area contributed by atoms with Crippen LogP contribution in [0.4, 0.5) is 0 Å². The number of hydrogen-bond donors (Lipinski definition) is 1. The quantitative estimate of drug-likeness (QED) is 0.566. The Morgan fingerprint density at radius 2 is 1.93 bits per heavy atom. The molecule has 0 saturated heterocycles. The highest BCUT2D eigenvalue weighted by Crippen LogP contribution is 2.35. The molecule has 1 atom stereocenters. The molecule has 0 aliphatic rings. The van der Waals surface area contributed by atoms with E-state index in [2.05, 4.69) is 37.3 Å². The summed E-state index contributed by atoms with van der Waals surface area (Å²) in [6.45, 7) is 10.6. The van der Waals surface area contributed by atoms with Gasteiger partial charge >= 0.3 is 0 Å². The van der Waals surface area contributed by atoms with Gasteiger partial charge in [-0.3, -0.25) is 4.79 Å². The first-order valence-corrected chi connectivity index (χ1v) is 10.6. The summed E-state index contributed by atoms with van der Waals surface area (Å²) in [6, 6.07) is 11.7. The fourth-order valence-electron chi connectivity index (χ4n) is 3.13. The molecule has 1 amide bonds. The van der Waals surface area contributed by atoms with Crippen LogP contribution in [0.15, 0.2) is 46.3 Å². The van der Waals surface area contributed by atoms with Crippen LogP contribution >= 0.6 is 11.3 Å². The van der Waals surface area contributed by atoms with Gasteiger partial charge in [-0.2, -0.15) is 0 Å². The van der Waals surface area contributed by atoms with E-state index in [1.165, 1.54) is 4.88 Å². The average molecular weight is 413 g/mol. The third-order valence-corrected chi connectivity index (χ3v) is 5.79. The van der Waals surface area contributed by atoms with Crippen LogP contribution in [0.3, 0.4) is 0 Å². The summed E-state index contributed by atoms with van der Waals surface area (Å²) < 4.78 is 11.0. The predicted molar refractivity (Wildman–Crippen MR) is 115 cm³/mol. The zero-order chi connectivity index (χ0) is 21.0. The second-order valence-corrected chi connectivity index (χ2v) is 9.27. The van der Waals surface area contributed by atoms with Crippen LogP contribution in [0.1, 0.15) is 54.3 Å². The molecule has 2 heterocycles. The van der Waals surface area contributed by atoms with Crippen LogP contribution in [0.2, 0.25) is 0 Å². The van der Waals surface area contributed by atoms with Crippen LogP contribution < -0.4 is 10.1 Å². The molecule has 2 aromatic heterocycles. The Labute approximate surface area is 176 Å². The number of thiophene rings is 1. The van der Waals surface area contributed by atoms with Gasteiger partial charge in [-0.15, -0.1) is 11.3 Å². The number of benzene rings is 1. The molecule has 29 heavy (non-hydrogen) atoms. The summed E-state index contributed by atoms with van der Waals surface area (Å²) in [4.78, 5) is 13.8. The lowest BCUT2D eigenvalue weighted by Crippen LogP contribution is -2.36. The van der Waals surface area contributed by atoms with Gasteiger partial charge in [0, 0.05) is 4.88 Å². The van der Waals surface area contributed by atoms with Crippen molar-refractivity contribution in [2.24, 2.45) is 5.41 Å². The molecule has 0 aliphatic heterocycles. The summed E-state index contributed by atoms with van der Waals surface area (Å²) in [6.07, 6.45) is 0.335. The van der Waals surface area contributed by atoms with Crippen molar-refractivity contribution in [1.82, 2.24) is 10.5 Å². The first-order valence-electron chi connectivity index (χ1n) is 9.70. The molecule has 1 aromatic carbocycles. The second kappa shape index (κ2) is 8.82. The highest BCUT2D eigenvalue weighted by atomic mass is 32.1. The minimum absolute atomic E-state index is 0.00680. The second-order valence-electron chi connectivity index (χ2n) is 8.29. The number of hydrogen-bond acceptors (Lipinski definition) is 5. The summed E-state index contributed by atoms with van der Waals surface area (Å²) >= 11 is 1.67. The number of nitrogens with zero attached hydrogens (tertiary/aromatic N) is 1. The third kappa shape index (κ3) is 5.48. The predicted octanol–water partition coefficient (Wildman–Crippen LogP) is 5.38. The van der Waals surface area contributed by atoms with Gasteiger partial charge in [0.25, 0.3) is 0 Å². The van der Waals surface area contributed by atoms with E-state index in [1.54, 1.807) is 11.3 Å². The van der Waals surface area contributed by atoms with Gasteiger partial charge in [0.2, 0.25) is 5.91 Å². The number of rotatable bonds is 7. The van der Waals surface area contributed by atoms with E-state index in [9.17, 15) is 4.79 Å². The van der Waals surface area contributed by atoms with Crippen molar-refractivity contribution in [3.63, 3.8) is 0 Å². The average Bonchev–Trinajstić information content (AvgIpc) is 3.29. The molecule has 0 fully saturated rings. The van der Waals surface area contributed by atoms with E-state index < -0.39 is 0 Å². The molecular formula is C23H28N2O3S. The molecule has 6 heteroatoms. The van der Waals surface area contributed by atoms with E-state index in [0.29, 0.717) is 13.0 Å². The van der Waals surface area contributed by atoms with Crippen LogP contribution in [0, 0.1) is 19.3 Å². The van der Waals surface area contributed by atoms with Crippen molar-refractivity contribution in [2.45, 2.75) is 53.7 Å². The first kappa shape index (κ1) is 21.1. The Morgan fingerprint density at radius 3 is 2.48 bits per heavy atom. The van der Waals surface area contributed by atoms with E-state index in [0.717, 1.165) is 28.3 Å². The molecule has 0 radical (unpaired) electrons. The molecule has 5 nitrogen and oxygen atoms in total. The lowest BCUT2D eigenvalue weighted by atomic mass is 9.85. The molecule has 3 aromatic rings. The zero-order valence-corrected chi connectivity index (χ0v) is 18.4. The van der Waals surface area contributed by atoms with Crippen LogP contribution in [-0.4, -0.2) is 11.1 Å².